The maximum Gasteiger partial charge on any atom is 0.253 e. The van der Waals surface area contributed by atoms with Gasteiger partial charge in [-0.3, -0.25) is 9.59 Å². The molecule has 0 aliphatic rings. The summed E-state index contributed by atoms with van der Waals surface area (Å²) in [6, 6.07) is 10.4. The van der Waals surface area contributed by atoms with Gasteiger partial charge in [-0.1, -0.05) is 18.2 Å². The molecule has 2 aromatic carbocycles. The highest BCUT2D eigenvalue weighted by molar-refractivity contribution is 6.03. The number of rotatable bonds is 8. The molecular formula is C19H21F2N3O2. The molecule has 26 heavy (non-hydrogen) atoms. The van der Waals surface area contributed by atoms with Gasteiger partial charge in [-0.05, 0) is 42.7 Å². The average Bonchev–Trinajstić information content (AvgIpc) is 2.63. The minimum absolute atomic E-state index is 0.192. The van der Waals surface area contributed by atoms with E-state index in [9.17, 15) is 18.4 Å². The molecule has 0 aliphatic carbocycles. The van der Waals surface area contributed by atoms with Gasteiger partial charge in [0.2, 0.25) is 5.91 Å². The first kappa shape index (κ1) is 19.5. The predicted molar refractivity (Wildman–Crippen MR) is 95.8 cm³/mol. The lowest BCUT2D eigenvalue weighted by Crippen LogP contribution is -2.29. The van der Waals surface area contributed by atoms with Crippen molar-refractivity contribution in [2.75, 3.05) is 18.4 Å². The summed E-state index contributed by atoms with van der Waals surface area (Å²) in [5.41, 5.74) is 6.76. The Morgan fingerprint density at radius 2 is 1.81 bits per heavy atom. The fraction of sp³-hybridized carbons (Fsp3) is 0.263. The molecule has 0 radical (unpaired) electrons. The van der Waals surface area contributed by atoms with E-state index in [2.05, 4.69) is 10.6 Å². The second kappa shape index (κ2) is 9.62. The van der Waals surface area contributed by atoms with Crippen LogP contribution in [0.5, 0.6) is 0 Å². The van der Waals surface area contributed by atoms with Crippen LogP contribution in [0.1, 0.15) is 28.8 Å². The Labute approximate surface area is 150 Å². The SMILES string of the molecule is NCCNC(=O)c1ccccc1NC(=O)CCCc1ccc(F)c(F)c1. The fourth-order valence-electron chi connectivity index (χ4n) is 2.43. The van der Waals surface area contributed by atoms with Crippen molar-refractivity contribution in [2.45, 2.75) is 19.3 Å². The predicted octanol–water partition coefficient (Wildman–Crippen LogP) is 2.61. The number of halogens is 2. The Bertz CT molecular complexity index is 781. The van der Waals surface area contributed by atoms with Crippen molar-refractivity contribution in [3.05, 3.63) is 65.2 Å². The van der Waals surface area contributed by atoms with Crippen LogP contribution >= 0.6 is 0 Å². The summed E-state index contributed by atoms with van der Waals surface area (Å²) in [5, 5.41) is 5.36. The first-order valence-electron chi connectivity index (χ1n) is 8.32. The van der Waals surface area contributed by atoms with Gasteiger partial charge in [-0.15, -0.1) is 0 Å². The lowest BCUT2D eigenvalue weighted by atomic mass is 10.1. The Morgan fingerprint density at radius 3 is 2.54 bits per heavy atom. The molecule has 0 saturated carbocycles. The number of carbonyl (C=O) groups is 2. The number of nitrogens with two attached hydrogens (primary N) is 1. The van der Waals surface area contributed by atoms with E-state index in [0.717, 1.165) is 12.1 Å². The fourth-order valence-corrected chi connectivity index (χ4v) is 2.43. The van der Waals surface area contributed by atoms with E-state index in [1.54, 1.807) is 24.3 Å². The lowest BCUT2D eigenvalue weighted by Gasteiger charge is -2.11. The van der Waals surface area contributed by atoms with E-state index in [1.807, 2.05) is 0 Å². The van der Waals surface area contributed by atoms with Crippen LogP contribution in [0.3, 0.4) is 0 Å². The second-order valence-corrected chi connectivity index (χ2v) is 5.74. The monoisotopic (exact) mass is 361 g/mol. The molecular weight excluding hydrogens is 340 g/mol. The number of para-hydroxylation sites is 1. The average molecular weight is 361 g/mol. The second-order valence-electron chi connectivity index (χ2n) is 5.74. The van der Waals surface area contributed by atoms with Gasteiger partial charge in [0, 0.05) is 19.5 Å². The zero-order valence-corrected chi connectivity index (χ0v) is 14.2. The third-order valence-electron chi connectivity index (χ3n) is 3.73. The molecule has 0 fully saturated rings. The Balaban J connectivity index is 1.89. The molecule has 138 valence electrons. The molecule has 0 heterocycles. The van der Waals surface area contributed by atoms with E-state index in [0.29, 0.717) is 42.7 Å². The van der Waals surface area contributed by atoms with Crippen LogP contribution in [0.4, 0.5) is 14.5 Å². The van der Waals surface area contributed by atoms with Crippen molar-refractivity contribution in [2.24, 2.45) is 5.73 Å². The summed E-state index contributed by atoms with van der Waals surface area (Å²) < 4.78 is 26.1. The molecule has 0 unspecified atom stereocenters. The van der Waals surface area contributed by atoms with Crippen LogP contribution in [0, 0.1) is 11.6 Å². The summed E-state index contributed by atoms with van der Waals surface area (Å²) in [6.07, 6.45) is 1.11. The van der Waals surface area contributed by atoms with Crippen molar-refractivity contribution < 1.29 is 18.4 Å². The summed E-state index contributed by atoms with van der Waals surface area (Å²) in [7, 11) is 0. The van der Waals surface area contributed by atoms with Crippen LogP contribution in [0.2, 0.25) is 0 Å². The van der Waals surface area contributed by atoms with E-state index in [-0.39, 0.29) is 18.2 Å². The molecule has 4 N–H and O–H groups in total. The topological polar surface area (TPSA) is 84.2 Å². The third kappa shape index (κ3) is 5.63. The summed E-state index contributed by atoms with van der Waals surface area (Å²) in [5.74, 6) is -2.36. The first-order valence-corrected chi connectivity index (χ1v) is 8.32. The maximum absolute atomic E-state index is 13.2. The van der Waals surface area contributed by atoms with E-state index in [1.165, 1.54) is 6.07 Å². The van der Waals surface area contributed by atoms with Crippen molar-refractivity contribution in [3.63, 3.8) is 0 Å². The van der Waals surface area contributed by atoms with E-state index in [4.69, 9.17) is 5.73 Å². The molecule has 5 nitrogen and oxygen atoms in total. The molecule has 0 aromatic heterocycles. The number of carbonyl (C=O) groups excluding carboxylic acids is 2. The van der Waals surface area contributed by atoms with Gasteiger partial charge < -0.3 is 16.4 Å². The highest BCUT2D eigenvalue weighted by Crippen LogP contribution is 2.16. The molecule has 0 bridgehead atoms. The summed E-state index contributed by atoms with van der Waals surface area (Å²) >= 11 is 0. The number of nitrogens with one attached hydrogen (secondary N) is 2. The zero-order valence-electron chi connectivity index (χ0n) is 14.2. The third-order valence-corrected chi connectivity index (χ3v) is 3.73. The van der Waals surface area contributed by atoms with Crippen LogP contribution < -0.4 is 16.4 Å². The van der Waals surface area contributed by atoms with Crippen LogP contribution in [-0.4, -0.2) is 24.9 Å². The number of hydrogen-bond acceptors (Lipinski definition) is 3. The van der Waals surface area contributed by atoms with Crippen molar-refractivity contribution in [3.8, 4) is 0 Å². The van der Waals surface area contributed by atoms with Crippen molar-refractivity contribution in [1.82, 2.24) is 5.32 Å². The lowest BCUT2D eigenvalue weighted by molar-refractivity contribution is -0.116. The maximum atomic E-state index is 13.2. The minimum atomic E-state index is -0.899. The molecule has 0 saturated heterocycles. The Kier molecular flexibility index (Phi) is 7.23. The van der Waals surface area contributed by atoms with Gasteiger partial charge in [0.15, 0.2) is 11.6 Å². The molecule has 2 rings (SSSR count). The van der Waals surface area contributed by atoms with Crippen molar-refractivity contribution >= 4 is 17.5 Å². The number of anilines is 1. The highest BCUT2D eigenvalue weighted by atomic mass is 19.2. The quantitative estimate of drug-likeness (QED) is 0.676. The summed E-state index contributed by atoms with van der Waals surface area (Å²) in [6.45, 7) is 0.666. The number of amides is 2. The first-order chi connectivity index (χ1) is 12.5. The molecule has 0 spiro atoms. The molecule has 7 heteroatoms. The van der Waals surface area contributed by atoms with Gasteiger partial charge in [-0.25, -0.2) is 8.78 Å². The van der Waals surface area contributed by atoms with Gasteiger partial charge in [-0.2, -0.15) is 0 Å². The highest BCUT2D eigenvalue weighted by Gasteiger charge is 2.12. The van der Waals surface area contributed by atoms with Crippen LogP contribution in [0.25, 0.3) is 0 Å². The summed E-state index contributed by atoms with van der Waals surface area (Å²) in [4.78, 5) is 24.2. The van der Waals surface area contributed by atoms with Gasteiger partial charge in [0.1, 0.15) is 0 Å². The zero-order chi connectivity index (χ0) is 18.9. The Hall–Kier alpha value is -2.80. The number of hydrogen-bond donors (Lipinski definition) is 3. The van der Waals surface area contributed by atoms with Gasteiger partial charge in [0.25, 0.3) is 5.91 Å². The largest absolute Gasteiger partial charge is 0.351 e. The smallest absolute Gasteiger partial charge is 0.253 e. The minimum Gasteiger partial charge on any atom is -0.351 e. The molecule has 0 atom stereocenters. The van der Waals surface area contributed by atoms with Gasteiger partial charge >= 0.3 is 0 Å². The van der Waals surface area contributed by atoms with Gasteiger partial charge in [0.05, 0.1) is 11.3 Å². The number of aryl methyl sites for hydroxylation is 1. The number of benzene rings is 2. The molecule has 2 aromatic rings. The Morgan fingerprint density at radius 1 is 1.04 bits per heavy atom. The van der Waals surface area contributed by atoms with Crippen LogP contribution in [0.15, 0.2) is 42.5 Å². The molecule has 0 aliphatic heterocycles. The van der Waals surface area contributed by atoms with Crippen molar-refractivity contribution in [1.29, 1.82) is 0 Å². The van der Waals surface area contributed by atoms with Crippen LogP contribution in [-0.2, 0) is 11.2 Å². The normalized spacial score (nSPS) is 10.4. The standard InChI is InChI=1S/C19H21F2N3O2/c20-15-9-8-13(12-16(15)21)4-3-7-18(25)24-17-6-2-1-5-14(17)19(26)23-11-10-22/h1-2,5-6,8-9,12H,3-4,7,10-11,22H2,(H,23,26)(H,24,25). The molecule has 2 amide bonds. The van der Waals surface area contributed by atoms with E-state index >= 15 is 0 Å². The van der Waals surface area contributed by atoms with E-state index < -0.39 is 11.6 Å².